The van der Waals surface area contributed by atoms with Crippen molar-refractivity contribution in [2.75, 3.05) is 13.2 Å². The molecule has 0 N–H and O–H groups in total. The van der Waals surface area contributed by atoms with Gasteiger partial charge in [-0.1, -0.05) is 48.1 Å². The minimum absolute atomic E-state index is 0.0103. The zero-order valence-electron chi connectivity index (χ0n) is 14.5. The van der Waals surface area contributed by atoms with E-state index in [-0.39, 0.29) is 30.0 Å². The van der Waals surface area contributed by atoms with E-state index in [1.165, 1.54) is 0 Å². The molecule has 1 atom stereocenters. The van der Waals surface area contributed by atoms with Crippen LogP contribution in [0.4, 0.5) is 0 Å². The molecule has 0 aromatic rings. The van der Waals surface area contributed by atoms with Gasteiger partial charge in [0.25, 0.3) is 0 Å². The zero-order valence-corrected chi connectivity index (χ0v) is 14.5. The molecule has 21 heavy (non-hydrogen) atoms. The Labute approximate surface area is 128 Å². The summed E-state index contributed by atoms with van der Waals surface area (Å²) in [7, 11) is 0. The SMILES string of the molecule is C=CC(=O)OCCOC(=O)C(C)(CC(C)(C)C)C(C)(C)C. The molecule has 0 amide bonds. The van der Waals surface area contributed by atoms with E-state index in [2.05, 4.69) is 27.4 Å². The van der Waals surface area contributed by atoms with Crippen molar-refractivity contribution in [3.63, 3.8) is 0 Å². The van der Waals surface area contributed by atoms with Gasteiger partial charge in [-0.25, -0.2) is 4.79 Å². The van der Waals surface area contributed by atoms with E-state index in [0.717, 1.165) is 12.5 Å². The minimum atomic E-state index is -0.603. The number of carbonyl (C=O) groups is 2. The molecular weight excluding hydrogens is 268 g/mol. The van der Waals surface area contributed by atoms with Gasteiger partial charge < -0.3 is 9.47 Å². The van der Waals surface area contributed by atoms with Crippen molar-refractivity contribution >= 4 is 11.9 Å². The second kappa shape index (κ2) is 7.10. The summed E-state index contributed by atoms with van der Waals surface area (Å²) < 4.78 is 10.1. The van der Waals surface area contributed by atoms with Crippen molar-refractivity contribution in [2.45, 2.75) is 54.9 Å². The Morgan fingerprint density at radius 2 is 1.43 bits per heavy atom. The minimum Gasteiger partial charge on any atom is -0.462 e. The lowest BCUT2D eigenvalue weighted by molar-refractivity contribution is -0.167. The summed E-state index contributed by atoms with van der Waals surface area (Å²) in [4.78, 5) is 23.4. The molecule has 0 heterocycles. The van der Waals surface area contributed by atoms with Crippen LogP contribution in [0.5, 0.6) is 0 Å². The predicted molar refractivity (Wildman–Crippen MR) is 83.7 cm³/mol. The number of carbonyl (C=O) groups excluding carboxylic acids is 2. The van der Waals surface area contributed by atoms with Crippen molar-refractivity contribution in [3.05, 3.63) is 12.7 Å². The quantitative estimate of drug-likeness (QED) is 0.426. The van der Waals surface area contributed by atoms with Gasteiger partial charge in [-0.05, 0) is 24.2 Å². The van der Waals surface area contributed by atoms with E-state index < -0.39 is 11.4 Å². The van der Waals surface area contributed by atoms with E-state index in [1.54, 1.807) is 0 Å². The second-order valence-corrected chi connectivity index (χ2v) is 7.83. The van der Waals surface area contributed by atoms with E-state index in [0.29, 0.717) is 0 Å². The topological polar surface area (TPSA) is 52.6 Å². The fraction of sp³-hybridized carbons (Fsp3) is 0.765. The molecule has 4 heteroatoms. The van der Waals surface area contributed by atoms with Gasteiger partial charge in [-0.3, -0.25) is 4.79 Å². The lowest BCUT2D eigenvalue weighted by Gasteiger charge is -2.43. The molecule has 0 fully saturated rings. The zero-order chi connectivity index (χ0) is 16.9. The highest BCUT2D eigenvalue weighted by molar-refractivity contribution is 5.81. The van der Waals surface area contributed by atoms with Crippen LogP contribution in [0.2, 0.25) is 0 Å². The maximum atomic E-state index is 12.5. The molecule has 122 valence electrons. The van der Waals surface area contributed by atoms with Gasteiger partial charge in [0.15, 0.2) is 0 Å². The van der Waals surface area contributed by atoms with Gasteiger partial charge in [-0.2, -0.15) is 0 Å². The summed E-state index contributed by atoms with van der Waals surface area (Å²) in [6.07, 6.45) is 1.80. The Morgan fingerprint density at radius 3 is 1.81 bits per heavy atom. The van der Waals surface area contributed by atoms with Crippen molar-refractivity contribution in [1.82, 2.24) is 0 Å². The van der Waals surface area contributed by atoms with Crippen molar-refractivity contribution in [2.24, 2.45) is 16.2 Å². The third-order valence-electron chi connectivity index (χ3n) is 3.72. The van der Waals surface area contributed by atoms with Crippen molar-refractivity contribution in [3.8, 4) is 0 Å². The van der Waals surface area contributed by atoms with Crippen molar-refractivity contribution in [1.29, 1.82) is 0 Å². The Hall–Kier alpha value is -1.32. The summed E-state index contributed by atoms with van der Waals surface area (Å²) in [6.45, 7) is 17.8. The fourth-order valence-electron chi connectivity index (χ4n) is 2.20. The first-order chi connectivity index (χ1) is 9.33. The highest BCUT2D eigenvalue weighted by Gasteiger charge is 2.47. The Bertz CT molecular complexity index is 385. The molecule has 0 aromatic carbocycles. The summed E-state index contributed by atoms with van der Waals surface area (Å²) in [5, 5.41) is 0. The molecule has 0 aliphatic carbocycles. The van der Waals surface area contributed by atoms with Crippen LogP contribution in [0.1, 0.15) is 54.9 Å². The first kappa shape index (κ1) is 19.7. The molecule has 0 rings (SSSR count). The van der Waals surface area contributed by atoms with Crippen LogP contribution >= 0.6 is 0 Å². The summed E-state index contributed by atoms with van der Waals surface area (Å²) >= 11 is 0. The average molecular weight is 298 g/mol. The first-order valence-corrected chi connectivity index (χ1v) is 7.30. The monoisotopic (exact) mass is 298 g/mol. The maximum absolute atomic E-state index is 12.5. The van der Waals surface area contributed by atoms with Crippen LogP contribution in [0.25, 0.3) is 0 Å². The average Bonchev–Trinajstić information content (AvgIpc) is 2.30. The molecule has 0 bridgehead atoms. The molecule has 0 saturated heterocycles. The molecule has 0 aliphatic heterocycles. The van der Waals surface area contributed by atoms with Gasteiger partial charge in [-0.15, -0.1) is 0 Å². The van der Waals surface area contributed by atoms with Crippen LogP contribution in [-0.4, -0.2) is 25.2 Å². The van der Waals surface area contributed by atoms with Gasteiger partial charge >= 0.3 is 11.9 Å². The predicted octanol–water partition coefficient (Wildman–Crippen LogP) is 3.75. The summed E-state index contributed by atoms with van der Waals surface area (Å²) in [6, 6.07) is 0. The van der Waals surface area contributed by atoms with E-state index in [9.17, 15) is 9.59 Å². The number of rotatable bonds is 6. The lowest BCUT2D eigenvalue weighted by atomic mass is 9.61. The Balaban J connectivity index is 4.76. The molecule has 1 unspecified atom stereocenters. The first-order valence-electron chi connectivity index (χ1n) is 7.30. The van der Waals surface area contributed by atoms with Crippen LogP contribution in [0, 0.1) is 16.2 Å². The highest BCUT2D eigenvalue weighted by atomic mass is 16.6. The lowest BCUT2D eigenvalue weighted by Crippen LogP contribution is -2.44. The third kappa shape index (κ3) is 6.32. The van der Waals surface area contributed by atoms with Gasteiger partial charge in [0, 0.05) is 6.08 Å². The molecule has 4 nitrogen and oxygen atoms in total. The molecule has 0 spiro atoms. The van der Waals surface area contributed by atoms with Crippen LogP contribution in [0.15, 0.2) is 12.7 Å². The number of hydrogen-bond acceptors (Lipinski definition) is 4. The molecule has 0 aliphatic rings. The number of hydrogen-bond donors (Lipinski definition) is 0. The second-order valence-electron chi connectivity index (χ2n) is 7.83. The molecular formula is C17H30O4. The number of ether oxygens (including phenoxy) is 2. The normalized spacial score (nSPS) is 15.0. The fourth-order valence-corrected chi connectivity index (χ4v) is 2.20. The van der Waals surface area contributed by atoms with Crippen LogP contribution in [0.3, 0.4) is 0 Å². The van der Waals surface area contributed by atoms with Crippen molar-refractivity contribution < 1.29 is 19.1 Å². The molecule has 0 saturated carbocycles. The highest BCUT2D eigenvalue weighted by Crippen LogP contribution is 2.47. The number of esters is 2. The van der Waals surface area contributed by atoms with Gasteiger partial charge in [0.05, 0.1) is 5.41 Å². The maximum Gasteiger partial charge on any atom is 0.330 e. The Morgan fingerprint density at radius 1 is 0.952 bits per heavy atom. The van der Waals surface area contributed by atoms with E-state index >= 15 is 0 Å². The van der Waals surface area contributed by atoms with Gasteiger partial charge in [0.2, 0.25) is 0 Å². The molecule has 0 radical (unpaired) electrons. The summed E-state index contributed by atoms with van der Waals surface area (Å²) in [5.74, 6) is -0.765. The van der Waals surface area contributed by atoms with E-state index in [1.807, 2.05) is 27.7 Å². The smallest absolute Gasteiger partial charge is 0.330 e. The van der Waals surface area contributed by atoms with Crippen LogP contribution < -0.4 is 0 Å². The molecule has 0 aromatic heterocycles. The Kier molecular flexibility index (Phi) is 6.65. The van der Waals surface area contributed by atoms with Crippen LogP contribution in [-0.2, 0) is 19.1 Å². The third-order valence-corrected chi connectivity index (χ3v) is 3.72. The van der Waals surface area contributed by atoms with E-state index in [4.69, 9.17) is 9.47 Å². The van der Waals surface area contributed by atoms with Gasteiger partial charge in [0.1, 0.15) is 13.2 Å². The summed E-state index contributed by atoms with van der Waals surface area (Å²) in [5.41, 5.74) is -0.820. The largest absolute Gasteiger partial charge is 0.462 e. The standard InChI is InChI=1S/C17H30O4/c1-9-13(18)20-10-11-21-14(19)17(8,16(5,6)7)12-15(2,3)4/h9H,1,10-12H2,2-8H3.